The molecule has 0 saturated carbocycles. The highest BCUT2D eigenvalue weighted by Gasteiger charge is 2.48. The molecule has 4 aromatic rings. The van der Waals surface area contributed by atoms with Gasteiger partial charge in [0.1, 0.15) is 28.2 Å². The Bertz CT molecular complexity index is 2360. The fourth-order valence-corrected chi connectivity index (χ4v) is 5.84. The molecular weight excluding hydrogens is 884 g/mol. The number of ether oxygens (including phenoxy) is 4. The number of carbonyl (C=O) groups is 4. The van der Waals surface area contributed by atoms with Crippen molar-refractivity contribution in [1.82, 2.24) is 10.6 Å². The van der Waals surface area contributed by atoms with E-state index in [1.807, 2.05) is 72.8 Å². The standard InChI is InChI=1S/C30H34N2O4.C18H24F3NO7S/c1-29(2,3)35-27(33)26(32-28(34)36-30(4,5)6)23-17-19-24(20-18-23)31-25(21-13-9-7-10-14-21)22-15-11-8-12-16-22;1-16(2,3)27-14(23)13(22-15(24)28-17(4,5)6)11-7-9-12(10-8-11)29-30(25,26)18(19,20)21/h7-20,26H,1-6H3,(H,32,34);7-10,13H,1-6H3,(H,22,24)/t26-;13-/m00/s1. The number of benzene rings is 4. The average Bonchev–Trinajstić information content (AvgIpc) is 3.16. The molecule has 2 atom stereocenters. The summed E-state index contributed by atoms with van der Waals surface area (Å²) in [6.07, 6.45) is -1.63. The number of carbonyl (C=O) groups excluding carboxylic acids is 4. The van der Waals surface area contributed by atoms with Crippen molar-refractivity contribution < 1.29 is 63.9 Å². The van der Waals surface area contributed by atoms with Crippen LogP contribution in [0.15, 0.2) is 114 Å². The van der Waals surface area contributed by atoms with Crippen LogP contribution in [0.25, 0.3) is 0 Å². The van der Waals surface area contributed by atoms with Gasteiger partial charge in [-0.25, -0.2) is 24.2 Å². The molecule has 66 heavy (non-hydrogen) atoms. The molecule has 0 fully saturated rings. The lowest BCUT2D eigenvalue weighted by Crippen LogP contribution is -2.40. The van der Waals surface area contributed by atoms with E-state index in [-0.39, 0.29) is 5.56 Å². The number of nitrogens with zero attached hydrogens (tertiary/aromatic N) is 1. The first-order valence-electron chi connectivity index (χ1n) is 20.6. The lowest BCUT2D eigenvalue weighted by Gasteiger charge is -2.26. The molecule has 0 spiro atoms. The first-order valence-corrected chi connectivity index (χ1v) is 22.0. The van der Waals surface area contributed by atoms with Crippen LogP contribution in [0.1, 0.15) is 117 Å². The smallest absolute Gasteiger partial charge is 0.458 e. The molecule has 0 aliphatic heterocycles. The van der Waals surface area contributed by atoms with Crippen LogP contribution in [-0.2, 0) is 38.7 Å². The van der Waals surface area contributed by atoms with Crippen molar-refractivity contribution >= 4 is 45.6 Å². The highest BCUT2D eigenvalue weighted by atomic mass is 32.2. The van der Waals surface area contributed by atoms with E-state index in [1.165, 1.54) is 0 Å². The molecule has 0 heterocycles. The number of alkyl carbamates (subject to hydrolysis) is 2. The third-order valence-electron chi connectivity index (χ3n) is 7.87. The monoisotopic (exact) mass is 941 g/mol. The van der Waals surface area contributed by atoms with Crippen LogP contribution in [0.2, 0.25) is 0 Å². The lowest BCUT2D eigenvalue weighted by molar-refractivity contribution is -0.158. The van der Waals surface area contributed by atoms with Crippen molar-refractivity contribution in [2.75, 3.05) is 0 Å². The largest absolute Gasteiger partial charge is 0.534 e. The van der Waals surface area contributed by atoms with E-state index in [4.69, 9.17) is 23.9 Å². The van der Waals surface area contributed by atoms with Gasteiger partial charge in [-0.05, 0) is 118 Å². The molecule has 0 aliphatic rings. The van der Waals surface area contributed by atoms with Gasteiger partial charge in [0.15, 0.2) is 12.1 Å². The van der Waals surface area contributed by atoms with Gasteiger partial charge < -0.3 is 33.8 Å². The molecule has 0 aromatic heterocycles. The third-order valence-corrected chi connectivity index (χ3v) is 8.85. The zero-order valence-electron chi connectivity index (χ0n) is 39.0. The van der Waals surface area contributed by atoms with Gasteiger partial charge in [0.25, 0.3) is 0 Å². The Labute approximate surface area is 384 Å². The van der Waals surface area contributed by atoms with Crippen molar-refractivity contribution in [2.45, 2.75) is 123 Å². The van der Waals surface area contributed by atoms with E-state index in [0.717, 1.165) is 41.1 Å². The summed E-state index contributed by atoms with van der Waals surface area (Å²) in [5.74, 6) is -2.06. The Hall–Kier alpha value is -6.43. The molecule has 4 rings (SSSR count). The summed E-state index contributed by atoms with van der Waals surface area (Å²) in [4.78, 5) is 55.0. The molecule has 14 nitrogen and oxygen atoms in total. The van der Waals surface area contributed by atoms with Crippen molar-refractivity contribution in [3.05, 3.63) is 131 Å². The number of hydrogen-bond acceptors (Lipinski definition) is 12. The molecule has 0 saturated heterocycles. The van der Waals surface area contributed by atoms with Gasteiger partial charge in [0.05, 0.1) is 11.4 Å². The summed E-state index contributed by atoms with van der Waals surface area (Å²) in [5, 5.41) is 4.98. The summed E-state index contributed by atoms with van der Waals surface area (Å²) in [6.45, 7) is 20.3. The lowest BCUT2D eigenvalue weighted by atomic mass is 10.0. The molecule has 2 amide bonds. The van der Waals surface area contributed by atoms with Crippen LogP contribution >= 0.6 is 0 Å². The van der Waals surface area contributed by atoms with Crippen molar-refractivity contribution in [3.63, 3.8) is 0 Å². The first-order chi connectivity index (χ1) is 30.2. The number of amides is 2. The minimum Gasteiger partial charge on any atom is -0.458 e. The van der Waals surface area contributed by atoms with E-state index in [2.05, 4.69) is 14.8 Å². The average molecular weight is 942 g/mol. The Morgan fingerprint density at radius 3 is 1.15 bits per heavy atom. The number of alkyl halides is 3. The van der Waals surface area contributed by atoms with E-state index in [1.54, 1.807) is 95.2 Å². The number of rotatable bonds is 11. The second-order valence-corrected chi connectivity index (χ2v) is 20.1. The molecule has 0 radical (unpaired) electrons. The van der Waals surface area contributed by atoms with Gasteiger partial charge in [-0.1, -0.05) is 84.9 Å². The number of halogens is 3. The van der Waals surface area contributed by atoms with E-state index in [0.29, 0.717) is 11.3 Å². The summed E-state index contributed by atoms with van der Waals surface area (Å²) in [5.41, 5.74) is -4.56. The minimum absolute atomic E-state index is 0.104. The highest BCUT2D eigenvalue weighted by molar-refractivity contribution is 7.88. The topological polar surface area (TPSA) is 185 Å². The summed E-state index contributed by atoms with van der Waals surface area (Å²) in [6, 6.07) is 28.7. The maximum Gasteiger partial charge on any atom is 0.534 e. The predicted molar refractivity (Wildman–Crippen MR) is 243 cm³/mol. The van der Waals surface area contributed by atoms with Crippen LogP contribution in [-0.4, -0.2) is 66.2 Å². The van der Waals surface area contributed by atoms with Gasteiger partial charge in [-0.15, -0.1) is 0 Å². The fourth-order valence-electron chi connectivity index (χ4n) is 5.38. The summed E-state index contributed by atoms with van der Waals surface area (Å²) < 4.78 is 84.8. The second-order valence-electron chi connectivity index (χ2n) is 18.6. The number of aliphatic imine (C=N–C) groups is 1. The molecule has 0 aliphatic carbocycles. The van der Waals surface area contributed by atoms with E-state index < -0.39 is 80.0 Å². The highest BCUT2D eigenvalue weighted by Crippen LogP contribution is 2.29. The maximum absolute atomic E-state index is 13.0. The van der Waals surface area contributed by atoms with Crippen LogP contribution in [0.3, 0.4) is 0 Å². The normalized spacial score (nSPS) is 13.0. The van der Waals surface area contributed by atoms with Crippen LogP contribution in [0.4, 0.5) is 28.4 Å². The maximum atomic E-state index is 13.0. The Morgan fingerprint density at radius 1 is 0.500 bits per heavy atom. The quantitative estimate of drug-likeness (QED) is 0.0479. The van der Waals surface area contributed by atoms with Gasteiger partial charge in [-0.3, -0.25) is 0 Å². The van der Waals surface area contributed by atoms with Crippen LogP contribution in [0, 0.1) is 0 Å². The molecule has 18 heteroatoms. The molecule has 0 bridgehead atoms. The second kappa shape index (κ2) is 21.7. The van der Waals surface area contributed by atoms with Crippen LogP contribution < -0.4 is 14.8 Å². The third kappa shape index (κ3) is 18.6. The molecular formula is C48H58F3N3O11S. The number of nitrogens with one attached hydrogen (secondary N) is 2. The zero-order valence-corrected chi connectivity index (χ0v) is 39.8. The molecule has 0 unspecified atom stereocenters. The van der Waals surface area contributed by atoms with E-state index in [9.17, 15) is 40.8 Å². The van der Waals surface area contributed by atoms with Crippen molar-refractivity contribution in [2.24, 2.45) is 4.99 Å². The molecule has 4 aromatic carbocycles. The van der Waals surface area contributed by atoms with E-state index >= 15 is 0 Å². The summed E-state index contributed by atoms with van der Waals surface area (Å²) in [7, 11) is -5.84. The zero-order chi connectivity index (χ0) is 49.9. The Balaban J connectivity index is 0.000000357. The van der Waals surface area contributed by atoms with Crippen molar-refractivity contribution in [3.8, 4) is 5.75 Å². The summed E-state index contributed by atoms with van der Waals surface area (Å²) >= 11 is 0. The predicted octanol–water partition coefficient (Wildman–Crippen LogP) is 10.6. The molecule has 358 valence electrons. The van der Waals surface area contributed by atoms with Crippen LogP contribution in [0.5, 0.6) is 5.75 Å². The van der Waals surface area contributed by atoms with Gasteiger partial charge in [-0.2, -0.15) is 21.6 Å². The SMILES string of the molecule is CC(C)(C)OC(=O)N[C@H](C(=O)OC(C)(C)C)c1ccc(N=C(c2ccccc2)c2ccccc2)cc1.CC(C)(C)OC(=O)N[C@H](C(=O)OC(C)(C)C)c1ccc(OS(=O)(=O)C(F)(F)F)cc1. The van der Waals surface area contributed by atoms with Gasteiger partial charge >= 0.3 is 39.8 Å². The first kappa shape index (κ1) is 53.9. The van der Waals surface area contributed by atoms with Gasteiger partial charge in [0, 0.05) is 11.1 Å². The number of hydrogen-bond donors (Lipinski definition) is 2. The minimum atomic E-state index is -5.84. The number of esters is 2. The van der Waals surface area contributed by atoms with Gasteiger partial charge in [0.2, 0.25) is 0 Å². The van der Waals surface area contributed by atoms with Crippen molar-refractivity contribution in [1.29, 1.82) is 0 Å². The Kier molecular flexibility index (Phi) is 17.7. The Morgan fingerprint density at radius 2 is 0.833 bits per heavy atom. The molecule has 2 N–H and O–H groups in total. The fraction of sp³-hybridized carbons (Fsp3) is 0.396.